The summed E-state index contributed by atoms with van der Waals surface area (Å²) >= 11 is 3.38. The van der Waals surface area contributed by atoms with Crippen LogP contribution in [-0.4, -0.2) is 41.8 Å². The Hall–Kier alpha value is -1.89. The van der Waals surface area contributed by atoms with E-state index in [1.54, 1.807) is 0 Å². The largest absolute Gasteiger partial charge is 0.347 e. The number of aryl methyl sites for hydroxylation is 1. The Balaban J connectivity index is 1.47. The first-order valence-corrected chi connectivity index (χ1v) is 9.86. The number of hydrogen-bond donors (Lipinski definition) is 2. The maximum absolute atomic E-state index is 12.3. The number of rotatable bonds is 5. The van der Waals surface area contributed by atoms with E-state index in [-0.39, 0.29) is 36.6 Å². The fourth-order valence-electron chi connectivity index (χ4n) is 3.75. The van der Waals surface area contributed by atoms with Gasteiger partial charge in [0.05, 0.1) is 12.5 Å². The van der Waals surface area contributed by atoms with Crippen LogP contribution in [0.15, 0.2) is 22.7 Å². The molecule has 140 valence electrons. The van der Waals surface area contributed by atoms with Gasteiger partial charge in [-0.2, -0.15) is 0 Å². The SMILES string of the molecule is Cc1cc(Br)ccc1NC(=O)CNC(=O)C1CC(=O)N(C2CCCC2)C1. The quantitative estimate of drug-likeness (QED) is 0.766. The Morgan fingerprint density at radius 3 is 2.69 bits per heavy atom. The molecular formula is C19H24BrN3O3. The number of hydrogen-bond acceptors (Lipinski definition) is 3. The molecule has 3 amide bonds. The predicted molar refractivity (Wildman–Crippen MR) is 103 cm³/mol. The van der Waals surface area contributed by atoms with Crippen LogP contribution in [0.3, 0.4) is 0 Å². The van der Waals surface area contributed by atoms with Crippen LogP contribution < -0.4 is 10.6 Å². The zero-order valence-electron chi connectivity index (χ0n) is 14.9. The summed E-state index contributed by atoms with van der Waals surface area (Å²) in [6.07, 6.45) is 4.63. The van der Waals surface area contributed by atoms with Crippen LogP contribution in [0.25, 0.3) is 0 Å². The summed E-state index contributed by atoms with van der Waals surface area (Å²) in [6.45, 7) is 2.28. The molecule has 3 rings (SSSR count). The molecule has 1 saturated carbocycles. The molecule has 1 saturated heterocycles. The summed E-state index contributed by atoms with van der Waals surface area (Å²) in [6, 6.07) is 5.87. The zero-order valence-corrected chi connectivity index (χ0v) is 16.5. The molecule has 7 heteroatoms. The molecular weight excluding hydrogens is 398 g/mol. The van der Waals surface area contributed by atoms with E-state index >= 15 is 0 Å². The maximum Gasteiger partial charge on any atom is 0.243 e. The summed E-state index contributed by atoms with van der Waals surface area (Å²) in [5.41, 5.74) is 1.66. The first-order chi connectivity index (χ1) is 12.4. The smallest absolute Gasteiger partial charge is 0.243 e. The van der Waals surface area contributed by atoms with Gasteiger partial charge in [-0.25, -0.2) is 0 Å². The molecule has 0 radical (unpaired) electrons. The van der Waals surface area contributed by atoms with Crippen LogP contribution in [-0.2, 0) is 14.4 Å². The van der Waals surface area contributed by atoms with Gasteiger partial charge in [0.1, 0.15) is 0 Å². The molecule has 6 nitrogen and oxygen atoms in total. The number of anilines is 1. The van der Waals surface area contributed by atoms with Gasteiger partial charge in [-0.05, 0) is 43.5 Å². The molecule has 1 aliphatic carbocycles. The summed E-state index contributed by atoms with van der Waals surface area (Å²) in [7, 11) is 0. The highest BCUT2D eigenvalue weighted by atomic mass is 79.9. The van der Waals surface area contributed by atoms with E-state index in [0.29, 0.717) is 12.6 Å². The van der Waals surface area contributed by atoms with E-state index in [9.17, 15) is 14.4 Å². The average Bonchev–Trinajstić information content (AvgIpc) is 3.24. The maximum atomic E-state index is 12.3. The Bertz CT molecular complexity index is 716. The number of benzene rings is 1. The highest BCUT2D eigenvalue weighted by Crippen LogP contribution is 2.29. The second kappa shape index (κ2) is 8.20. The number of halogens is 1. The van der Waals surface area contributed by atoms with Gasteiger partial charge >= 0.3 is 0 Å². The lowest BCUT2D eigenvalue weighted by Gasteiger charge is -2.23. The van der Waals surface area contributed by atoms with Crippen molar-refractivity contribution in [3.63, 3.8) is 0 Å². The van der Waals surface area contributed by atoms with E-state index in [1.807, 2.05) is 30.0 Å². The molecule has 2 aliphatic rings. The first-order valence-electron chi connectivity index (χ1n) is 9.07. The highest BCUT2D eigenvalue weighted by molar-refractivity contribution is 9.10. The molecule has 1 unspecified atom stereocenters. The summed E-state index contributed by atoms with van der Waals surface area (Å²) in [5, 5.41) is 5.46. The number of likely N-dealkylation sites (tertiary alicyclic amines) is 1. The van der Waals surface area contributed by atoms with Crippen LogP contribution in [0.4, 0.5) is 5.69 Å². The molecule has 0 aromatic heterocycles. The van der Waals surface area contributed by atoms with Crippen LogP contribution in [0.2, 0.25) is 0 Å². The molecule has 26 heavy (non-hydrogen) atoms. The summed E-state index contributed by atoms with van der Waals surface area (Å²) in [5.74, 6) is -0.792. The van der Waals surface area contributed by atoms with Crippen LogP contribution in [0.1, 0.15) is 37.7 Å². The van der Waals surface area contributed by atoms with Crippen molar-refractivity contribution in [2.45, 2.75) is 45.1 Å². The monoisotopic (exact) mass is 421 g/mol. The van der Waals surface area contributed by atoms with Gasteiger partial charge in [-0.15, -0.1) is 0 Å². The van der Waals surface area contributed by atoms with E-state index < -0.39 is 0 Å². The summed E-state index contributed by atoms with van der Waals surface area (Å²) in [4.78, 5) is 38.5. The van der Waals surface area contributed by atoms with Crippen molar-refractivity contribution in [3.8, 4) is 0 Å². The second-order valence-corrected chi connectivity index (χ2v) is 8.03. The minimum Gasteiger partial charge on any atom is -0.347 e. The third-order valence-electron chi connectivity index (χ3n) is 5.18. The lowest BCUT2D eigenvalue weighted by Crippen LogP contribution is -2.39. The van der Waals surface area contributed by atoms with Crippen LogP contribution in [0, 0.1) is 12.8 Å². The molecule has 1 aliphatic heterocycles. The fourth-order valence-corrected chi connectivity index (χ4v) is 4.23. The Labute approximate surface area is 161 Å². The second-order valence-electron chi connectivity index (χ2n) is 7.11. The molecule has 1 aromatic rings. The van der Waals surface area contributed by atoms with Crippen molar-refractivity contribution < 1.29 is 14.4 Å². The van der Waals surface area contributed by atoms with Crippen molar-refractivity contribution in [3.05, 3.63) is 28.2 Å². The minimum atomic E-state index is -0.356. The lowest BCUT2D eigenvalue weighted by atomic mass is 10.1. The van der Waals surface area contributed by atoms with Gasteiger partial charge in [0.2, 0.25) is 17.7 Å². The van der Waals surface area contributed by atoms with Gasteiger partial charge in [-0.1, -0.05) is 28.8 Å². The normalized spacial score (nSPS) is 20.5. The number of carbonyl (C=O) groups excluding carboxylic acids is 3. The zero-order chi connectivity index (χ0) is 18.7. The van der Waals surface area contributed by atoms with E-state index in [4.69, 9.17) is 0 Å². The molecule has 2 N–H and O–H groups in total. The molecule has 1 aromatic carbocycles. The molecule has 0 spiro atoms. The van der Waals surface area contributed by atoms with Gasteiger partial charge in [0.15, 0.2) is 0 Å². The third-order valence-corrected chi connectivity index (χ3v) is 5.67. The number of amides is 3. The molecule has 1 heterocycles. The Morgan fingerprint density at radius 1 is 1.27 bits per heavy atom. The Kier molecular flexibility index (Phi) is 5.96. The molecule has 1 atom stereocenters. The van der Waals surface area contributed by atoms with Crippen molar-refractivity contribution in [2.75, 3.05) is 18.4 Å². The average molecular weight is 422 g/mol. The summed E-state index contributed by atoms with van der Waals surface area (Å²) < 4.78 is 0.944. The van der Waals surface area contributed by atoms with Crippen molar-refractivity contribution >= 4 is 39.3 Å². The lowest BCUT2D eigenvalue weighted by molar-refractivity contribution is -0.130. The van der Waals surface area contributed by atoms with Crippen molar-refractivity contribution in [1.29, 1.82) is 0 Å². The van der Waals surface area contributed by atoms with E-state index in [2.05, 4.69) is 26.6 Å². The van der Waals surface area contributed by atoms with E-state index in [0.717, 1.165) is 41.4 Å². The van der Waals surface area contributed by atoms with E-state index in [1.165, 1.54) is 0 Å². The molecule has 2 fully saturated rings. The number of carbonyl (C=O) groups is 3. The van der Waals surface area contributed by atoms with Crippen LogP contribution in [0.5, 0.6) is 0 Å². The Morgan fingerprint density at radius 2 is 2.00 bits per heavy atom. The number of nitrogens with one attached hydrogen (secondary N) is 2. The highest BCUT2D eigenvalue weighted by Gasteiger charge is 2.38. The topological polar surface area (TPSA) is 78.5 Å². The first kappa shape index (κ1) is 18.9. The minimum absolute atomic E-state index is 0.0620. The van der Waals surface area contributed by atoms with Gasteiger partial charge in [-0.3, -0.25) is 14.4 Å². The van der Waals surface area contributed by atoms with Crippen molar-refractivity contribution in [2.24, 2.45) is 5.92 Å². The predicted octanol–water partition coefficient (Wildman–Crippen LogP) is 2.60. The standard InChI is InChI=1S/C19H24BrN3O3/c1-12-8-14(20)6-7-16(12)22-17(24)10-21-19(26)13-9-18(25)23(11-13)15-4-2-3-5-15/h6-8,13,15H,2-5,9-11H2,1H3,(H,21,26)(H,22,24). The van der Waals surface area contributed by atoms with Gasteiger partial charge in [0, 0.05) is 29.2 Å². The van der Waals surface area contributed by atoms with Crippen molar-refractivity contribution in [1.82, 2.24) is 10.2 Å². The third kappa shape index (κ3) is 4.44. The molecule has 0 bridgehead atoms. The van der Waals surface area contributed by atoms with Gasteiger partial charge < -0.3 is 15.5 Å². The van der Waals surface area contributed by atoms with Crippen LogP contribution >= 0.6 is 15.9 Å². The number of nitrogens with zero attached hydrogens (tertiary/aromatic N) is 1. The fraction of sp³-hybridized carbons (Fsp3) is 0.526. The van der Waals surface area contributed by atoms with Gasteiger partial charge in [0.25, 0.3) is 0 Å².